The molecule has 0 fully saturated rings. The summed E-state index contributed by atoms with van der Waals surface area (Å²) >= 11 is 0. The van der Waals surface area contributed by atoms with Crippen molar-refractivity contribution >= 4 is 39.5 Å². The predicted octanol–water partition coefficient (Wildman–Crippen LogP) is 19.5. The number of hydrogen-bond donors (Lipinski definition) is 3. The third-order valence-corrected chi connectivity index (χ3v) is 18.1. The third kappa shape index (κ3) is 61.6. The van der Waals surface area contributed by atoms with Gasteiger partial charge < -0.3 is 33.8 Å². The van der Waals surface area contributed by atoms with Crippen molar-refractivity contribution < 1.29 is 80.2 Å². The minimum absolute atomic E-state index is 0.104. The van der Waals surface area contributed by atoms with Gasteiger partial charge in [-0.05, 0) is 43.4 Å². The van der Waals surface area contributed by atoms with Gasteiger partial charge in [-0.25, -0.2) is 9.13 Å². The van der Waals surface area contributed by atoms with Crippen molar-refractivity contribution in [3.05, 3.63) is 0 Å². The lowest BCUT2D eigenvalue weighted by Gasteiger charge is -2.21. The molecule has 0 spiro atoms. The van der Waals surface area contributed by atoms with E-state index >= 15 is 0 Å². The number of aliphatic hydroxyl groups is 1. The van der Waals surface area contributed by atoms with Crippen LogP contribution in [0.4, 0.5) is 0 Å². The van der Waals surface area contributed by atoms with Gasteiger partial charge in [0.05, 0.1) is 26.4 Å². The van der Waals surface area contributed by atoms with Crippen LogP contribution in [0.2, 0.25) is 0 Å². The highest BCUT2D eigenvalue weighted by molar-refractivity contribution is 7.47. The molecule has 17 nitrogen and oxygen atoms in total. The van der Waals surface area contributed by atoms with Crippen LogP contribution in [0.15, 0.2) is 0 Å². The van der Waals surface area contributed by atoms with E-state index in [1.165, 1.54) is 148 Å². The number of phosphoric acid groups is 2. The summed E-state index contributed by atoms with van der Waals surface area (Å²) in [6.45, 7) is 11.8. The van der Waals surface area contributed by atoms with E-state index in [1.807, 2.05) is 0 Å². The lowest BCUT2D eigenvalue weighted by Crippen LogP contribution is -2.30. The molecule has 0 saturated heterocycles. The Balaban J connectivity index is 5.26. The van der Waals surface area contributed by atoms with Crippen LogP contribution in [-0.2, 0) is 65.4 Å². The summed E-state index contributed by atoms with van der Waals surface area (Å²) in [5, 5.41) is 10.6. The Morgan fingerprint density at radius 2 is 0.580 bits per heavy atom. The van der Waals surface area contributed by atoms with Crippen LogP contribution >= 0.6 is 15.6 Å². The first-order valence-electron chi connectivity index (χ1n) is 35.9. The minimum Gasteiger partial charge on any atom is -0.462 e. The van der Waals surface area contributed by atoms with Crippen molar-refractivity contribution in [2.75, 3.05) is 39.6 Å². The molecule has 0 saturated carbocycles. The Morgan fingerprint density at radius 1 is 0.330 bits per heavy atom. The maximum absolute atomic E-state index is 13.0. The Labute approximate surface area is 537 Å². The molecule has 0 rings (SSSR count). The first kappa shape index (κ1) is 86.1. The zero-order chi connectivity index (χ0) is 65.2. The van der Waals surface area contributed by atoms with E-state index in [-0.39, 0.29) is 25.7 Å². The molecule has 3 unspecified atom stereocenters. The van der Waals surface area contributed by atoms with Crippen molar-refractivity contribution in [3.63, 3.8) is 0 Å². The molecule has 0 aromatic rings. The number of carbonyl (C=O) groups is 4. The highest BCUT2D eigenvalue weighted by Gasteiger charge is 2.30. The molecule has 6 atom stereocenters. The summed E-state index contributed by atoms with van der Waals surface area (Å²) in [6.07, 6.45) is 43.1. The van der Waals surface area contributed by atoms with Crippen LogP contribution in [0, 0.1) is 17.8 Å². The third-order valence-electron chi connectivity index (χ3n) is 16.2. The topological polar surface area (TPSA) is 237 Å². The molecule has 0 heterocycles. The number of aliphatic hydroxyl groups excluding tert-OH is 1. The molecule has 0 aromatic carbocycles. The zero-order valence-corrected chi connectivity index (χ0v) is 59.0. The summed E-state index contributed by atoms with van der Waals surface area (Å²) in [7, 11) is -9.90. The first-order chi connectivity index (χ1) is 42.3. The average molecular weight is 1300 g/mol. The second-order valence-corrected chi connectivity index (χ2v) is 29.0. The summed E-state index contributed by atoms with van der Waals surface area (Å²) < 4.78 is 68.2. The van der Waals surface area contributed by atoms with E-state index < -0.39 is 97.5 Å². The number of esters is 4. The number of hydrogen-bond acceptors (Lipinski definition) is 15. The summed E-state index contributed by atoms with van der Waals surface area (Å²) in [5.41, 5.74) is 0. The van der Waals surface area contributed by atoms with Gasteiger partial charge in [0.1, 0.15) is 19.3 Å². The first-order valence-corrected chi connectivity index (χ1v) is 38.9. The molecule has 0 radical (unpaired) electrons. The van der Waals surface area contributed by atoms with E-state index in [0.29, 0.717) is 31.6 Å². The largest absolute Gasteiger partial charge is 0.472 e. The second kappa shape index (κ2) is 60.0. The fourth-order valence-corrected chi connectivity index (χ4v) is 11.9. The van der Waals surface area contributed by atoms with E-state index in [1.54, 1.807) is 0 Å². The standard InChI is InChI=1S/C69H134O17P2/c1-8-10-11-12-13-14-15-16-17-18-23-29-38-45-52-68(73)85-64(56-79-66(71)50-43-36-28-22-20-19-21-26-33-40-47-60(3)4)58-83-87(75,76)81-54-63(70)55-82-88(77,78)84-59-65(57-80-67(72)51-44-37-32-31-34-41-48-61(5)6)86-69(74)53-46-39-30-25-24-27-35-42-49-62(7)9-2/h60-65,70H,8-59H2,1-7H3,(H,75,76)(H,77,78)/t62?,63-,64-,65-/m1/s1. The van der Waals surface area contributed by atoms with Gasteiger partial charge in [-0.1, -0.05) is 292 Å². The highest BCUT2D eigenvalue weighted by Crippen LogP contribution is 2.45. The molecule has 0 amide bonds. The van der Waals surface area contributed by atoms with Crippen molar-refractivity contribution in [1.29, 1.82) is 0 Å². The van der Waals surface area contributed by atoms with Gasteiger partial charge in [0, 0.05) is 25.7 Å². The summed E-state index contributed by atoms with van der Waals surface area (Å²) in [5.74, 6) is 0.0779. The number of ether oxygens (including phenoxy) is 4. The van der Waals surface area contributed by atoms with Gasteiger partial charge in [-0.15, -0.1) is 0 Å². The van der Waals surface area contributed by atoms with E-state index in [9.17, 15) is 43.2 Å². The molecular formula is C69H134O17P2. The summed E-state index contributed by atoms with van der Waals surface area (Å²) in [6, 6.07) is 0. The van der Waals surface area contributed by atoms with Gasteiger partial charge in [0.25, 0.3) is 0 Å². The number of unbranched alkanes of at least 4 members (excludes halogenated alkanes) is 34. The van der Waals surface area contributed by atoms with Gasteiger partial charge in [-0.3, -0.25) is 37.3 Å². The van der Waals surface area contributed by atoms with Gasteiger partial charge in [-0.2, -0.15) is 0 Å². The number of rotatable bonds is 67. The molecule has 522 valence electrons. The van der Waals surface area contributed by atoms with Crippen LogP contribution in [0.5, 0.6) is 0 Å². The van der Waals surface area contributed by atoms with E-state index in [4.69, 9.17) is 37.0 Å². The molecule has 88 heavy (non-hydrogen) atoms. The molecule has 0 aliphatic rings. The lowest BCUT2D eigenvalue weighted by atomic mass is 9.99. The van der Waals surface area contributed by atoms with Crippen molar-refractivity contribution in [3.8, 4) is 0 Å². The van der Waals surface area contributed by atoms with Crippen LogP contribution in [0.1, 0.15) is 344 Å². The van der Waals surface area contributed by atoms with Gasteiger partial charge in [0.15, 0.2) is 12.2 Å². The minimum atomic E-state index is -4.95. The predicted molar refractivity (Wildman–Crippen MR) is 354 cm³/mol. The van der Waals surface area contributed by atoms with E-state index in [0.717, 1.165) is 108 Å². The highest BCUT2D eigenvalue weighted by atomic mass is 31.2. The Kier molecular flexibility index (Phi) is 58.7. The molecular weight excluding hydrogens is 1160 g/mol. The average Bonchev–Trinajstić information content (AvgIpc) is 3.57. The van der Waals surface area contributed by atoms with Crippen LogP contribution in [0.3, 0.4) is 0 Å². The maximum Gasteiger partial charge on any atom is 0.472 e. The number of carbonyl (C=O) groups excluding carboxylic acids is 4. The lowest BCUT2D eigenvalue weighted by molar-refractivity contribution is -0.161. The zero-order valence-electron chi connectivity index (χ0n) is 57.2. The Bertz CT molecular complexity index is 1730. The molecule has 0 aromatic heterocycles. The SMILES string of the molecule is CCCCCCCCCCCCCCCCC(=O)O[C@H](COC(=O)CCCCCCCCCCCCC(C)C)COP(=O)(O)OC[C@@H](O)COP(=O)(O)OC[C@@H](COC(=O)CCCCCCCCC(C)C)OC(=O)CCCCCCCCCCC(C)CC. The smallest absolute Gasteiger partial charge is 0.462 e. The molecule has 19 heteroatoms. The van der Waals surface area contributed by atoms with Gasteiger partial charge in [0.2, 0.25) is 0 Å². The monoisotopic (exact) mass is 1300 g/mol. The number of phosphoric ester groups is 2. The summed E-state index contributed by atoms with van der Waals surface area (Å²) in [4.78, 5) is 72.5. The van der Waals surface area contributed by atoms with Crippen LogP contribution in [0.25, 0.3) is 0 Å². The van der Waals surface area contributed by atoms with Crippen molar-refractivity contribution in [2.24, 2.45) is 17.8 Å². The molecule has 0 aliphatic heterocycles. The Morgan fingerprint density at radius 3 is 0.864 bits per heavy atom. The molecule has 3 N–H and O–H groups in total. The van der Waals surface area contributed by atoms with Crippen LogP contribution < -0.4 is 0 Å². The fraction of sp³-hybridized carbons (Fsp3) is 0.942. The van der Waals surface area contributed by atoms with Crippen LogP contribution in [-0.4, -0.2) is 96.7 Å². The van der Waals surface area contributed by atoms with Crippen molar-refractivity contribution in [2.45, 2.75) is 362 Å². The van der Waals surface area contributed by atoms with Gasteiger partial charge >= 0.3 is 39.5 Å². The quantitative estimate of drug-likeness (QED) is 0.0222. The fourth-order valence-electron chi connectivity index (χ4n) is 10.3. The normalized spacial score (nSPS) is 14.5. The molecule has 0 bridgehead atoms. The van der Waals surface area contributed by atoms with E-state index in [2.05, 4.69) is 48.5 Å². The Hall–Kier alpha value is -1.94. The van der Waals surface area contributed by atoms with Crippen molar-refractivity contribution in [1.82, 2.24) is 0 Å². The second-order valence-electron chi connectivity index (χ2n) is 26.1. The molecule has 0 aliphatic carbocycles. The maximum atomic E-state index is 13.0.